The van der Waals surface area contributed by atoms with Crippen molar-refractivity contribution in [1.29, 1.82) is 0 Å². The van der Waals surface area contributed by atoms with Crippen molar-refractivity contribution in [2.45, 2.75) is 25.9 Å². The lowest BCUT2D eigenvalue weighted by Crippen LogP contribution is -2.61. The van der Waals surface area contributed by atoms with Crippen LogP contribution < -0.4 is 0 Å². The van der Waals surface area contributed by atoms with Crippen LogP contribution in [0, 0.1) is 0 Å². The van der Waals surface area contributed by atoms with Crippen LogP contribution in [0.4, 0.5) is 0 Å². The molecule has 0 bridgehead atoms. The van der Waals surface area contributed by atoms with Gasteiger partial charge in [0.1, 0.15) is 12.7 Å². The highest BCUT2D eigenvalue weighted by Crippen LogP contribution is 2.23. The predicted octanol–water partition coefficient (Wildman–Crippen LogP) is 0.609. The van der Waals surface area contributed by atoms with Gasteiger partial charge in [-0.15, -0.1) is 10.2 Å². The molecule has 1 aromatic carbocycles. The summed E-state index contributed by atoms with van der Waals surface area (Å²) in [5.41, 5.74) is 1.34. The third-order valence-corrected chi connectivity index (χ3v) is 7.06. The zero-order chi connectivity index (χ0) is 19.8. The number of carbonyl (C=O) groups is 1. The molecule has 0 spiro atoms. The molecule has 146 valence electrons. The standard InChI is InChI=1S/C17H24N6O3S/c1-13-14(2)23(27(25,26)20(3)4)9-8-22(13)17(24)15-6-5-7-16(10-15)21-11-18-19-12-21/h5-7,10-14H,8-9H2,1-4H3/t13-,14+/m0/s1. The summed E-state index contributed by atoms with van der Waals surface area (Å²) in [5, 5.41) is 7.56. The van der Waals surface area contributed by atoms with Crippen LogP contribution in [0.25, 0.3) is 5.69 Å². The highest BCUT2D eigenvalue weighted by Gasteiger charge is 2.40. The van der Waals surface area contributed by atoms with E-state index < -0.39 is 10.2 Å². The minimum absolute atomic E-state index is 0.119. The largest absolute Gasteiger partial charge is 0.333 e. The second-order valence-corrected chi connectivity index (χ2v) is 8.90. The Morgan fingerprint density at radius 3 is 2.41 bits per heavy atom. The quantitative estimate of drug-likeness (QED) is 0.760. The first-order chi connectivity index (χ1) is 12.7. The Hall–Kier alpha value is -2.30. The summed E-state index contributed by atoms with van der Waals surface area (Å²) in [6.45, 7) is 4.32. The lowest BCUT2D eigenvalue weighted by atomic mass is 10.0. The highest BCUT2D eigenvalue weighted by atomic mass is 32.2. The fraction of sp³-hybridized carbons (Fsp3) is 0.471. The Kier molecular flexibility index (Phi) is 5.31. The molecule has 1 saturated heterocycles. The normalized spacial score (nSPS) is 21.6. The molecular weight excluding hydrogens is 368 g/mol. The predicted molar refractivity (Wildman–Crippen MR) is 101 cm³/mol. The van der Waals surface area contributed by atoms with Crippen LogP contribution in [0.3, 0.4) is 0 Å². The smallest absolute Gasteiger partial charge is 0.281 e. The monoisotopic (exact) mass is 392 g/mol. The third-order valence-electron chi connectivity index (χ3n) is 5.03. The topological polar surface area (TPSA) is 91.6 Å². The Bertz CT molecular complexity index is 913. The van der Waals surface area contributed by atoms with Crippen molar-refractivity contribution in [3.05, 3.63) is 42.5 Å². The van der Waals surface area contributed by atoms with Crippen molar-refractivity contribution in [3.8, 4) is 5.69 Å². The third kappa shape index (κ3) is 3.60. The van der Waals surface area contributed by atoms with E-state index in [9.17, 15) is 13.2 Å². The minimum Gasteiger partial charge on any atom is -0.333 e. The van der Waals surface area contributed by atoms with E-state index in [0.29, 0.717) is 12.1 Å². The van der Waals surface area contributed by atoms with Gasteiger partial charge in [0.2, 0.25) is 0 Å². The van der Waals surface area contributed by atoms with Crippen LogP contribution in [0.2, 0.25) is 0 Å². The summed E-state index contributed by atoms with van der Waals surface area (Å²) in [6.07, 6.45) is 3.14. The van der Waals surface area contributed by atoms with Crippen molar-refractivity contribution in [1.82, 2.24) is 28.3 Å². The summed E-state index contributed by atoms with van der Waals surface area (Å²) >= 11 is 0. The molecule has 0 radical (unpaired) electrons. The number of amides is 1. The number of hydrogen-bond acceptors (Lipinski definition) is 5. The first-order valence-electron chi connectivity index (χ1n) is 8.69. The number of aromatic nitrogens is 3. The lowest BCUT2D eigenvalue weighted by molar-refractivity contribution is 0.0474. The molecule has 9 nitrogen and oxygen atoms in total. The summed E-state index contributed by atoms with van der Waals surface area (Å²) in [7, 11) is -0.491. The molecule has 10 heteroatoms. The van der Waals surface area contributed by atoms with E-state index in [4.69, 9.17) is 0 Å². The molecule has 1 aliphatic rings. The highest BCUT2D eigenvalue weighted by molar-refractivity contribution is 7.86. The molecule has 1 aliphatic heterocycles. The first kappa shape index (κ1) is 19.5. The van der Waals surface area contributed by atoms with Crippen LogP contribution >= 0.6 is 0 Å². The number of piperazine rings is 1. The van der Waals surface area contributed by atoms with E-state index in [-0.39, 0.29) is 24.5 Å². The van der Waals surface area contributed by atoms with Gasteiger partial charge < -0.3 is 4.90 Å². The molecule has 1 amide bonds. The van der Waals surface area contributed by atoms with Crippen LogP contribution in [0.1, 0.15) is 24.2 Å². The van der Waals surface area contributed by atoms with Crippen LogP contribution in [-0.4, -0.2) is 81.9 Å². The summed E-state index contributed by atoms with van der Waals surface area (Å²) in [5.74, 6) is -0.119. The molecular formula is C17H24N6O3S. The number of nitrogens with zero attached hydrogens (tertiary/aromatic N) is 6. The van der Waals surface area contributed by atoms with Crippen molar-refractivity contribution in [2.24, 2.45) is 0 Å². The molecule has 27 heavy (non-hydrogen) atoms. The Morgan fingerprint density at radius 2 is 1.78 bits per heavy atom. The SMILES string of the molecule is C[C@@H]1[C@H](C)N(C(=O)c2cccc(-n3cnnc3)c2)CCN1S(=O)(=O)N(C)C. The van der Waals surface area contributed by atoms with E-state index >= 15 is 0 Å². The summed E-state index contributed by atoms with van der Waals surface area (Å²) in [4.78, 5) is 14.8. The van der Waals surface area contributed by atoms with E-state index in [1.165, 1.54) is 22.7 Å². The fourth-order valence-electron chi connectivity index (χ4n) is 3.24. The van der Waals surface area contributed by atoms with Gasteiger partial charge in [0.05, 0.1) is 0 Å². The molecule has 0 aliphatic carbocycles. The maximum Gasteiger partial charge on any atom is 0.281 e. The van der Waals surface area contributed by atoms with Gasteiger partial charge >= 0.3 is 0 Å². The van der Waals surface area contributed by atoms with Crippen molar-refractivity contribution >= 4 is 16.1 Å². The van der Waals surface area contributed by atoms with Gasteiger partial charge in [-0.2, -0.15) is 17.0 Å². The average Bonchev–Trinajstić information content (AvgIpc) is 3.18. The maximum atomic E-state index is 13.1. The maximum absolute atomic E-state index is 13.1. The summed E-state index contributed by atoms with van der Waals surface area (Å²) < 4.78 is 29.4. The van der Waals surface area contributed by atoms with Gasteiger partial charge in [-0.05, 0) is 32.0 Å². The molecule has 0 saturated carbocycles. The zero-order valence-electron chi connectivity index (χ0n) is 15.8. The van der Waals surface area contributed by atoms with E-state index in [2.05, 4.69) is 10.2 Å². The molecule has 1 fully saturated rings. The Balaban J connectivity index is 1.82. The molecule has 1 aromatic heterocycles. The van der Waals surface area contributed by atoms with Crippen LogP contribution in [-0.2, 0) is 10.2 Å². The fourth-order valence-corrected chi connectivity index (χ4v) is 4.56. The number of carbonyl (C=O) groups excluding carboxylic acids is 1. The van der Waals surface area contributed by atoms with Crippen LogP contribution in [0.5, 0.6) is 0 Å². The van der Waals surface area contributed by atoms with Crippen LogP contribution in [0.15, 0.2) is 36.9 Å². The second kappa shape index (κ2) is 7.37. The van der Waals surface area contributed by atoms with Gasteiger partial charge in [-0.25, -0.2) is 0 Å². The summed E-state index contributed by atoms with van der Waals surface area (Å²) in [6, 6.07) is 6.65. The van der Waals surface area contributed by atoms with Gasteiger partial charge in [0.15, 0.2) is 0 Å². The molecule has 3 rings (SSSR count). The average molecular weight is 392 g/mol. The zero-order valence-corrected chi connectivity index (χ0v) is 16.7. The van der Waals surface area contributed by atoms with Gasteiger partial charge in [-0.1, -0.05) is 6.07 Å². The Labute approximate surface area is 159 Å². The van der Waals surface area contributed by atoms with E-state index in [0.717, 1.165) is 5.69 Å². The van der Waals surface area contributed by atoms with E-state index in [1.54, 1.807) is 34.3 Å². The number of hydrogen-bond donors (Lipinski definition) is 0. The van der Waals surface area contributed by atoms with Gasteiger partial charge in [0.25, 0.3) is 16.1 Å². The Morgan fingerprint density at radius 1 is 1.11 bits per heavy atom. The lowest BCUT2D eigenvalue weighted by Gasteiger charge is -2.44. The van der Waals surface area contributed by atoms with Crippen molar-refractivity contribution in [2.75, 3.05) is 27.2 Å². The number of rotatable bonds is 4. The van der Waals surface area contributed by atoms with Gasteiger partial charge in [0, 0.05) is 50.5 Å². The minimum atomic E-state index is -3.52. The van der Waals surface area contributed by atoms with E-state index in [1.807, 2.05) is 26.0 Å². The van der Waals surface area contributed by atoms with Gasteiger partial charge in [-0.3, -0.25) is 9.36 Å². The molecule has 2 heterocycles. The molecule has 2 atom stereocenters. The second-order valence-electron chi connectivity index (χ2n) is 6.80. The van der Waals surface area contributed by atoms with Crippen molar-refractivity contribution < 1.29 is 13.2 Å². The number of benzene rings is 1. The molecule has 2 aromatic rings. The first-order valence-corrected chi connectivity index (χ1v) is 10.1. The molecule has 0 N–H and O–H groups in total. The van der Waals surface area contributed by atoms with Crippen molar-refractivity contribution in [3.63, 3.8) is 0 Å². The molecule has 0 unspecified atom stereocenters.